The summed E-state index contributed by atoms with van der Waals surface area (Å²) in [5, 5.41) is 0. The molecule has 1 aliphatic heterocycles. The number of likely N-dealkylation sites (tertiary alicyclic amines) is 1. The molecule has 110 valence electrons. The van der Waals surface area contributed by atoms with Crippen molar-refractivity contribution in [1.29, 1.82) is 0 Å². The molecule has 1 amide bonds. The molecule has 20 heavy (non-hydrogen) atoms. The summed E-state index contributed by atoms with van der Waals surface area (Å²) in [6.07, 6.45) is 1.71. The fourth-order valence-electron chi connectivity index (χ4n) is 2.63. The highest BCUT2D eigenvalue weighted by molar-refractivity contribution is 5.77. The van der Waals surface area contributed by atoms with Gasteiger partial charge >= 0.3 is 0 Å². The van der Waals surface area contributed by atoms with E-state index in [1.165, 1.54) is 17.0 Å². The van der Waals surface area contributed by atoms with Crippen molar-refractivity contribution in [1.82, 2.24) is 4.90 Å². The lowest BCUT2D eigenvalue weighted by atomic mass is 9.94. The molecule has 0 radical (unpaired) electrons. The molecule has 2 nitrogen and oxygen atoms in total. The minimum absolute atomic E-state index is 0.223. The van der Waals surface area contributed by atoms with Crippen LogP contribution >= 0.6 is 0 Å². The fourth-order valence-corrected chi connectivity index (χ4v) is 2.63. The van der Waals surface area contributed by atoms with E-state index in [1.54, 1.807) is 12.1 Å². The minimum atomic E-state index is -3.00. The molecule has 1 atom stereocenters. The van der Waals surface area contributed by atoms with Crippen LogP contribution in [0.2, 0.25) is 0 Å². The third-order valence-corrected chi connectivity index (χ3v) is 3.54. The van der Waals surface area contributed by atoms with Crippen LogP contribution in [-0.4, -0.2) is 23.3 Å². The predicted molar refractivity (Wildman–Crippen MR) is 69.9 cm³/mol. The maximum atomic E-state index is 13.0. The van der Waals surface area contributed by atoms with Gasteiger partial charge in [-0.15, -0.1) is 0 Å². The number of alkyl halides is 2. The first-order valence-electron chi connectivity index (χ1n) is 6.79. The van der Waals surface area contributed by atoms with E-state index in [1.807, 2.05) is 0 Å². The molecule has 1 fully saturated rings. The van der Waals surface area contributed by atoms with Gasteiger partial charge in [0.25, 0.3) is 5.92 Å². The maximum absolute atomic E-state index is 13.0. The van der Waals surface area contributed by atoms with E-state index in [0.717, 1.165) is 31.7 Å². The first kappa shape index (κ1) is 14.9. The Morgan fingerprint density at radius 1 is 1.30 bits per heavy atom. The second-order valence-electron chi connectivity index (χ2n) is 5.40. The Balaban J connectivity index is 2.16. The molecule has 0 spiro atoms. The Morgan fingerprint density at radius 3 is 2.55 bits per heavy atom. The smallest absolute Gasteiger partial charge is 0.254 e. The lowest BCUT2D eigenvalue weighted by Crippen LogP contribution is -2.40. The molecule has 1 aromatic rings. The Bertz CT molecular complexity index is 467. The zero-order chi connectivity index (χ0) is 14.8. The van der Waals surface area contributed by atoms with Gasteiger partial charge in [-0.25, -0.2) is 13.2 Å². The molecule has 0 bridgehead atoms. The van der Waals surface area contributed by atoms with Gasteiger partial charge in [0.1, 0.15) is 5.82 Å². The molecule has 0 N–H and O–H groups in total. The van der Waals surface area contributed by atoms with E-state index in [9.17, 15) is 18.0 Å². The van der Waals surface area contributed by atoms with Crippen molar-refractivity contribution >= 4 is 5.91 Å². The SMILES string of the molecule is CC(F)(F)CC(=O)N1CCCC[C@H]1c1ccc(F)cc1. The number of nitrogens with zero attached hydrogens (tertiary/aromatic N) is 1. The van der Waals surface area contributed by atoms with Crippen LogP contribution in [0.5, 0.6) is 0 Å². The van der Waals surface area contributed by atoms with Gasteiger partial charge in [0, 0.05) is 6.54 Å². The van der Waals surface area contributed by atoms with Crippen molar-refractivity contribution in [2.75, 3.05) is 6.54 Å². The molecule has 1 heterocycles. The summed E-state index contributed by atoms with van der Waals surface area (Å²) in [6, 6.07) is 5.69. The number of carbonyl (C=O) groups is 1. The van der Waals surface area contributed by atoms with Crippen LogP contribution in [0.25, 0.3) is 0 Å². The van der Waals surface area contributed by atoms with Gasteiger partial charge in [-0.2, -0.15) is 0 Å². The number of benzene rings is 1. The van der Waals surface area contributed by atoms with Gasteiger partial charge in [-0.05, 0) is 43.9 Å². The molecule has 0 aliphatic carbocycles. The number of halogens is 3. The number of hydrogen-bond donors (Lipinski definition) is 0. The molecule has 0 aromatic heterocycles. The molecule has 1 aromatic carbocycles. The average molecular weight is 285 g/mol. The topological polar surface area (TPSA) is 20.3 Å². The highest BCUT2D eigenvalue weighted by Crippen LogP contribution is 2.32. The largest absolute Gasteiger partial charge is 0.335 e. The average Bonchev–Trinajstić information content (AvgIpc) is 2.38. The van der Waals surface area contributed by atoms with Gasteiger partial charge < -0.3 is 4.90 Å². The highest BCUT2D eigenvalue weighted by atomic mass is 19.3. The first-order valence-corrected chi connectivity index (χ1v) is 6.79. The van der Waals surface area contributed by atoms with E-state index < -0.39 is 18.3 Å². The van der Waals surface area contributed by atoms with E-state index in [-0.39, 0.29) is 11.9 Å². The van der Waals surface area contributed by atoms with Crippen LogP contribution in [0.4, 0.5) is 13.2 Å². The van der Waals surface area contributed by atoms with Crippen molar-refractivity contribution in [2.24, 2.45) is 0 Å². The van der Waals surface area contributed by atoms with Crippen LogP contribution in [0, 0.1) is 5.82 Å². The standard InChI is InChI=1S/C15H18F3NO/c1-15(17,18)10-14(20)19-9-3-2-4-13(19)11-5-7-12(16)8-6-11/h5-8,13H,2-4,9-10H2,1H3/t13-/m0/s1. The third-order valence-electron chi connectivity index (χ3n) is 3.54. The lowest BCUT2D eigenvalue weighted by Gasteiger charge is -2.36. The van der Waals surface area contributed by atoms with Crippen LogP contribution in [-0.2, 0) is 4.79 Å². The number of rotatable bonds is 3. The summed E-state index contributed by atoms with van der Waals surface area (Å²) in [6.45, 7) is 1.23. The molecular formula is C15H18F3NO. The normalized spacial score (nSPS) is 20.0. The second kappa shape index (κ2) is 5.85. The Morgan fingerprint density at radius 2 is 1.95 bits per heavy atom. The van der Waals surface area contributed by atoms with Gasteiger partial charge in [0.2, 0.25) is 5.91 Å². The van der Waals surface area contributed by atoms with Crippen molar-refractivity contribution in [3.05, 3.63) is 35.6 Å². The highest BCUT2D eigenvalue weighted by Gasteiger charge is 2.33. The lowest BCUT2D eigenvalue weighted by molar-refractivity contribution is -0.141. The van der Waals surface area contributed by atoms with E-state index in [4.69, 9.17) is 0 Å². The third kappa shape index (κ3) is 3.74. The van der Waals surface area contributed by atoms with Crippen LogP contribution in [0.15, 0.2) is 24.3 Å². The Kier molecular flexibility index (Phi) is 4.35. The first-order chi connectivity index (χ1) is 9.37. The molecule has 0 saturated carbocycles. The number of amides is 1. The summed E-state index contributed by atoms with van der Waals surface area (Å²) in [7, 11) is 0. The molecular weight excluding hydrogens is 267 g/mol. The van der Waals surface area contributed by atoms with Gasteiger partial charge in [-0.1, -0.05) is 12.1 Å². The van der Waals surface area contributed by atoms with Crippen LogP contribution in [0.3, 0.4) is 0 Å². The zero-order valence-corrected chi connectivity index (χ0v) is 11.4. The summed E-state index contributed by atoms with van der Waals surface area (Å²) in [5.74, 6) is -3.88. The summed E-state index contributed by atoms with van der Waals surface area (Å²) in [4.78, 5) is 13.5. The number of carbonyl (C=O) groups excluding carboxylic acids is 1. The van der Waals surface area contributed by atoms with Crippen molar-refractivity contribution in [2.45, 2.75) is 44.6 Å². The molecule has 0 unspecified atom stereocenters. The minimum Gasteiger partial charge on any atom is -0.335 e. The second-order valence-corrected chi connectivity index (χ2v) is 5.40. The fraction of sp³-hybridized carbons (Fsp3) is 0.533. The van der Waals surface area contributed by atoms with Crippen LogP contribution in [0.1, 0.15) is 44.2 Å². The van der Waals surface area contributed by atoms with Gasteiger partial charge in [0.15, 0.2) is 0 Å². The van der Waals surface area contributed by atoms with Crippen molar-refractivity contribution in [3.63, 3.8) is 0 Å². The number of hydrogen-bond acceptors (Lipinski definition) is 1. The van der Waals surface area contributed by atoms with Crippen molar-refractivity contribution in [3.8, 4) is 0 Å². The van der Waals surface area contributed by atoms with E-state index in [2.05, 4.69) is 0 Å². The van der Waals surface area contributed by atoms with E-state index >= 15 is 0 Å². The Labute approximate surface area is 116 Å². The van der Waals surface area contributed by atoms with E-state index in [0.29, 0.717) is 6.54 Å². The van der Waals surface area contributed by atoms with Gasteiger partial charge in [-0.3, -0.25) is 4.79 Å². The molecule has 1 saturated heterocycles. The summed E-state index contributed by atoms with van der Waals surface area (Å²) < 4.78 is 39.0. The molecule has 2 rings (SSSR count). The number of piperidine rings is 1. The maximum Gasteiger partial charge on any atom is 0.254 e. The molecule has 5 heteroatoms. The summed E-state index contributed by atoms with van der Waals surface area (Å²) in [5.41, 5.74) is 0.805. The molecule has 1 aliphatic rings. The zero-order valence-electron chi connectivity index (χ0n) is 11.4. The van der Waals surface area contributed by atoms with Crippen LogP contribution < -0.4 is 0 Å². The summed E-state index contributed by atoms with van der Waals surface area (Å²) >= 11 is 0. The monoisotopic (exact) mass is 285 g/mol. The Hall–Kier alpha value is -1.52. The van der Waals surface area contributed by atoms with Gasteiger partial charge in [0.05, 0.1) is 12.5 Å². The predicted octanol–water partition coefficient (Wildman–Crippen LogP) is 3.92. The quantitative estimate of drug-likeness (QED) is 0.824. The van der Waals surface area contributed by atoms with Crippen molar-refractivity contribution < 1.29 is 18.0 Å².